The van der Waals surface area contributed by atoms with Gasteiger partial charge in [-0.3, -0.25) is 4.79 Å². The number of phenols is 1. The van der Waals surface area contributed by atoms with Crippen LogP contribution >= 0.6 is 0 Å². The number of phenolic OH excluding ortho intramolecular Hbond substituents is 1. The lowest BCUT2D eigenvalue weighted by Crippen LogP contribution is -2.25. The molecule has 2 N–H and O–H groups in total. The van der Waals surface area contributed by atoms with Crippen LogP contribution < -0.4 is 5.32 Å². The number of nitrogens with one attached hydrogen (secondary N) is 1. The molecule has 0 aromatic heterocycles. The monoisotopic (exact) mass is 558 g/mol. The van der Waals surface area contributed by atoms with Crippen molar-refractivity contribution in [3.63, 3.8) is 0 Å². The van der Waals surface area contributed by atoms with Crippen LogP contribution in [0.3, 0.4) is 0 Å². The van der Waals surface area contributed by atoms with Gasteiger partial charge >= 0.3 is 0 Å². The second kappa shape index (κ2) is 29.0. The zero-order valence-electron chi connectivity index (χ0n) is 26.7. The summed E-state index contributed by atoms with van der Waals surface area (Å²) in [6, 6.07) is 7.20. The summed E-state index contributed by atoms with van der Waals surface area (Å²) in [6.07, 6.45) is 37.9. The number of carbonyl (C=O) groups excluding carboxylic acids is 1. The van der Waals surface area contributed by atoms with E-state index in [1.165, 1.54) is 161 Å². The molecule has 3 heteroatoms. The Morgan fingerprint density at radius 1 is 0.525 bits per heavy atom. The Kier molecular flexibility index (Phi) is 26.5. The minimum absolute atomic E-state index is 0.170. The topological polar surface area (TPSA) is 49.3 Å². The maximum Gasteiger partial charge on any atom is 0.220 e. The number of amides is 1. The predicted molar refractivity (Wildman–Crippen MR) is 175 cm³/mol. The lowest BCUT2D eigenvalue weighted by atomic mass is 10.0. The molecule has 0 spiro atoms. The molecule has 1 amide bonds. The summed E-state index contributed by atoms with van der Waals surface area (Å²) in [6.45, 7) is 2.97. The molecule has 1 aromatic rings. The number of aromatic hydroxyl groups is 1. The van der Waals surface area contributed by atoms with E-state index in [4.69, 9.17) is 0 Å². The lowest BCUT2D eigenvalue weighted by Gasteiger charge is -2.06. The second-order valence-corrected chi connectivity index (χ2v) is 12.4. The first-order valence-electron chi connectivity index (χ1n) is 17.8. The van der Waals surface area contributed by atoms with Crippen molar-refractivity contribution in [1.29, 1.82) is 0 Å². The van der Waals surface area contributed by atoms with E-state index in [1.807, 2.05) is 12.1 Å². The fourth-order valence-electron chi connectivity index (χ4n) is 5.70. The Morgan fingerprint density at radius 3 is 1.20 bits per heavy atom. The highest BCUT2D eigenvalue weighted by Crippen LogP contribution is 2.16. The van der Waals surface area contributed by atoms with E-state index < -0.39 is 0 Å². The van der Waals surface area contributed by atoms with E-state index in [1.54, 1.807) is 12.1 Å². The molecule has 0 heterocycles. The zero-order chi connectivity index (χ0) is 28.8. The first kappa shape index (κ1) is 36.5. The van der Waals surface area contributed by atoms with Crippen molar-refractivity contribution in [2.75, 3.05) is 6.54 Å². The molecule has 0 aliphatic carbocycles. The number of benzene rings is 1. The average Bonchev–Trinajstić information content (AvgIpc) is 2.96. The van der Waals surface area contributed by atoms with Crippen molar-refractivity contribution in [2.45, 2.75) is 187 Å². The molecule has 0 saturated carbocycles. The van der Waals surface area contributed by atoms with E-state index in [0.29, 0.717) is 13.0 Å². The van der Waals surface area contributed by atoms with Crippen molar-refractivity contribution in [3.05, 3.63) is 29.8 Å². The zero-order valence-corrected chi connectivity index (χ0v) is 26.7. The fourth-order valence-corrected chi connectivity index (χ4v) is 5.70. The average molecular weight is 558 g/mol. The number of carbonyl (C=O) groups is 1. The van der Waals surface area contributed by atoms with Gasteiger partial charge in [0.2, 0.25) is 5.91 Å². The molecule has 0 unspecified atom stereocenters. The molecule has 0 bridgehead atoms. The van der Waals surface area contributed by atoms with Gasteiger partial charge < -0.3 is 10.4 Å². The maximum absolute atomic E-state index is 12.0. The molecule has 232 valence electrons. The Labute approximate surface area is 249 Å². The molecule has 0 radical (unpaired) electrons. The van der Waals surface area contributed by atoms with Gasteiger partial charge in [0.05, 0.1) is 0 Å². The van der Waals surface area contributed by atoms with Gasteiger partial charge in [-0.2, -0.15) is 0 Å². The minimum atomic E-state index is 0.170. The number of unbranched alkanes of at least 4 members (excludes halogenated alkanes) is 25. The van der Waals surface area contributed by atoms with Crippen LogP contribution in [0.25, 0.3) is 0 Å². The summed E-state index contributed by atoms with van der Waals surface area (Å²) >= 11 is 0. The van der Waals surface area contributed by atoms with Crippen LogP contribution in [0.15, 0.2) is 24.3 Å². The number of rotatable bonds is 30. The largest absolute Gasteiger partial charge is 0.508 e. The van der Waals surface area contributed by atoms with Crippen LogP contribution in [0.1, 0.15) is 186 Å². The SMILES string of the molecule is CCCCCCCCCCCCCCCCCCCCCCCCCCCCC(=O)NCCc1ccc(O)cc1. The summed E-state index contributed by atoms with van der Waals surface area (Å²) in [5, 5.41) is 12.3. The van der Waals surface area contributed by atoms with Crippen molar-refractivity contribution in [2.24, 2.45) is 0 Å². The van der Waals surface area contributed by atoms with E-state index >= 15 is 0 Å². The van der Waals surface area contributed by atoms with Crippen molar-refractivity contribution < 1.29 is 9.90 Å². The number of hydrogen-bond donors (Lipinski definition) is 2. The third kappa shape index (κ3) is 25.5. The van der Waals surface area contributed by atoms with Gasteiger partial charge in [-0.15, -0.1) is 0 Å². The van der Waals surface area contributed by atoms with Crippen molar-refractivity contribution >= 4 is 5.91 Å². The standard InChI is InChI=1S/C37H67NO2/c1-2-3-4-5-6-7-8-9-10-11-12-13-14-15-16-17-18-19-20-21-22-23-24-25-26-27-28-37(40)38-34-33-35-29-31-36(39)32-30-35/h29-32,39H,2-28,33-34H2,1H3,(H,38,40). The Morgan fingerprint density at radius 2 is 0.850 bits per heavy atom. The molecule has 0 saturated heterocycles. The Hall–Kier alpha value is -1.51. The van der Waals surface area contributed by atoms with E-state index in [2.05, 4.69) is 12.2 Å². The summed E-state index contributed by atoms with van der Waals surface area (Å²) < 4.78 is 0. The van der Waals surface area contributed by atoms with Crippen molar-refractivity contribution in [3.8, 4) is 5.75 Å². The molecule has 0 aliphatic heterocycles. The van der Waals surface area contributed by atoms with Crippen molar-refractivity contribution in [1.82, 2.24) is 5.32 Å². The fraction of sp³-hybridized carbons (Fsp3) is 0.811. The van der Waals surface area contributed by atoms with E-state index in [-0.39, 0.29) is 11.7 Å². The van der Waals surface area contributed by atoms with Crippen LogP contribution in [0.2, 0.25) is 0 Å². The van der Waals surface area contributed by atoms with Crippen LogP contribution in [-0.4, -0.2) is 17.6 Å². The summed E-state index contributed by atoms with van der Waals surface area (Å²) in [5.41, 5.74) is 1.14. The van der Waals surface area contributed by atoms with Gasteiger partial charge in [0.25, 0.3) is 0 Å². The molecular weight excluding hydrogens is 490 g/mol. The molecule has 0 atom stereocenters. The van der Waals surface area contributed by atoms with Crippen LogP contribution in [-0.2, 0) is 11.2 Å². The summed E-state index contributed by atoms with van der Waals surface area (Å²) in [7, 11) is 0. The van der Waals surface area contributed by atoms with Gasteiger partial charge in [-0.25, -0.2) is 0 Å². The van der Waals surface area contributed by atoms with Crippen LogP contribution in [0.5, 0.6) is 5.75 Å². The van der Waals surface area contributed by atoms with Gasteiger partial charge in [0.1, 0.15) is 5.75 Å². The number of hydrogen-bond acceptors (Lipinski definition) is 2. The van der Waals surface area contributed by atoms with Gasteiger partial charge in [-0.1, -0.05) is 180 Å². The highest BCUT2D eigenvalue weighted by Gasteiger charge is 2.02. The quantitative estimate of drug-likeness (QED) is 0.0924. The highest BCUT2D eigenvalue weighted by molar-refractivity contribution is 5.75. The van der Waals surface area contributed by atoms with Crippen LogP contribution in [0.4, 0.5) is 0 Å². The van der Waals surface area contributed by atoms with Crippen LogP contribution in [0, 0.1) is 0 Å². The third-order valence-corrected chi connectivity index (χ3v) is 8.43. The Balaban J connectivity index is 1.68. The summed E-state index contributed by atoms with van der Waals surface area (Å²) in [4.78, 5) is 12.0. The second-order valence-electron chi connectivity index (χ2n) is 12.4. The molecule has 0 aliphatic rings. The van der Waals surface area contributed by atoms with E-state index in [0.717, 1.165) is 18.4 Å². The first-order chi connectivity index (χ1) is 19.7. The lowest BCUT2D eigenvalue weighted by molar-refractivity contribution is -0.121. The molecule has 40 heavy (non-hydrogen) atoms. The smallest absolute Gasteiger partial charge is 0.220 e. The molecule has 1 aromatic carbocycles. The molecule has 3 nitrogen and oxygen atoms in total. The van der Waals surface area contributed by atoms with Gasteiger partial charge in [0.15, 0.2) is 0 Å². The highest BCUT2D eigenvalue weighted by atomic mass is 16.3. The third-order valence-electron chi connectivity index (χ3n) is 8.43. The predicted octanol–water partition coefficient (Wildman–Crippen LogP) is 11.6. The molecule has 1 rings (SSSR count). The summed E-state index contributed by atoms with van der Waals surface area (Å²) in [5.74, 6) is 0.455. The normalized spacial score (nSPS) is 11.2. The van der Waals surface area contributed by atoms with Gasteiger partial charge in [0, 0.05) is 13.0 Å². The maximum atomic E-state index is 12.0. The molecular formula is C37H67NO2. The minimum Gasteiger partial charge on any atom is -0.508 e. The molecule has 0 fully saturated rings. The van der Waals surface area contributed by atoms with Gasteiger partial charge in [-0.05, 0) is 30.5 Å². The Bertz CT molecular complexity index is 657. The first-order valence-corrected chi connectivity index (χ1v) is 17.8. The van der Waals surface area contributed by atoms with E-state index in [9.17, 15) is 9.90 Å².